The maximum absolute atomic E-state index is 9.86. The van der Waals surface area contributed by atoms with Crippen LogP contribution in [0.4, 0.5) is 0 Å². The number of hydrogen-bond acceptors (Lipinski definition) is 5. The number of rotatable bonds is 6. The fraction of sp³-hybridized carbons (Fsp3) is 0.294. The molecule has 0 unspecified atom stereocenters. The molecular formula is C17H20O5. The van der Waals surface area contributed by atoms with Gasteiger partial charge in [0, 0.05) is 0 Å². The number of benzene rings is 2. The van der Waals surface area contributed by atoms with E-state index in [2.05, 4.69) is 0 Å². The third-order valence-electron chi connectivity index (χ3n) is 3.38. The van der Waals surface area contributed by atoms with E-state index in [0.29, 0.717) is 29.4 Å². The Balaban J connectivity index is 2.35. The van der Waals surface area contributed by atoms with Crippen LogP contribution >= 0.6 is 0 Å². The molecule has 2 aromatic rings. The zero-order valence-electron chi connectivity index (χ0n) is 13.2. The predicted molar refractivity (Wildman–Crippen MR) is 83.6 cm³/mol. The summed E-state index contributed by atoms with van der Waals surface area (Å²) in [5.41, 5.74) is 1.94. The molecule has 0 aliphatic rings. The zero-order valence-corrected chi connectivity index (χ0v) is 13.2. The number of phenolic OH excluding ortho intramolecular Hbond substituents is 1. The van der Waals surface area contributed by atoms with E-state index < -0.39 is 0 Å². The predicted octanol–water partition coefficient (Wildman–Crippen LogP) is 3.02. The largest absolute Gasteiger partial charge is 0.504 e. The second kappa shape index (κ2) is 6.93. The number of methoxy groups -OCH3 is 4. The fourth-order valence-electron chi connectivity index (χ4n) is 2.32. The van der Waals surface area contributed by atoms with Gasteiger partial charge in [-0.1, -0.05) is 6.07 Å². The molecule has 0 aliphatic heterocycles. The van der Waals surface area contributed by atoms with Gasteiger partial charge in [-0.05, 0) is 41.8 Å². The molecule has 22 heavy (non-hydrogen) atoms. The van der Waals surface area contributed by atoms with Crippen molar-refractivity contribution >= 4 is 0 Å². The van der Waals surface area contributed by atoms with Crippen LogP contribution in [0.5, 0.6) is 28.7 Å². The van der Waals surface area contributed by atoms with Gasteiger partial charge < -0.3 is 24.1 Å². The molecule has 0 spiro atoms. The molecule has 0 aliphatic carbocycles. The first kappa shape index (κ1) is 15.8. The Hall–Kier alpha value is -2.56. The molecule has 2 rings (SSSR count). The Labute approximate surface area is 130 Å². The lowest BCUT2D eigenvalue weighted by molar-refractivity contribution is 0.324. The molecule has 0 atom stereocenters. The Bertz CT molecular complexity index is 626. The van der Waals surface area contributed by atoms with Crippen molar-refractivity contribution in [3.63, 3.8) is 0 Å². The number of ether oxygens (including phenoxy) is 4. The van der Waals surface area contributed by atoms with E-state index in [9.17, 15) is 5.11 Å². The van der Waals surface area contributed by atoms with E-state index in [0.717, 1.165) is 11.1 Å². The Morgan fingerprint density at radius 2 is 1.32 bits per heavy atom. The highest BCUT2D eigenvalue weighted by molar-refractivity contribution is 5.55. The minimum absolute atomic E-state index is 0.118. The standard InChI is InChI=1S/C17H20O5/c1-19-14-6-5-11(8-13(14)18)7-12-9-15(20-2)17(22-4)16(10-12)21-3/h5-6,8-10,18H,7H2,1-4H3. The van der Waals surface area contributed by atoms with Gasteiger partial charge in [-0.3, -0.25) is 0 Å². The van der Waals surface area contributed by atoms with Crippen LogP contribution in [0.3, 0.4) is 0 Å². The average molecular weight is 304 g/mol. The van der Waals surface area contributed by atoms with Crippen LogP contribution in [-0.4, -0.2) is 33.5 Å². The van der Waals surface area contributed by atoms with Crippen molar-refractivity contribution in [1.82, 2.24) is 0 Å². The topological polar surface area (TPSA) is 57.2 Å². The quantitative estimate of drug-likeness (QED) is 0.889. The average Bonchev–Trinajstić information content (AvgIpc) is 2.54. The third-order valence-corrected chi connectivity index (χ3v) is 3.38. The van der Waals surface area contributed by atoms with E-state index in [1.54, 1.807) is 33.5 Å². The minimum atomic E-state index is 0.118. The molecule has 0 bridgehead atoms. The van der Waals surface area contributed by atoms with Gasteiger partial charge in [0.25, 0.3) is 0 Å². The van der Waals surface area contributed by atoms with Gasteiger partial charge >= 0.3 is 0 Å². The van der Waals surface area contributed by atoms with Crippen molar-refractivity contribution in [2.24, 2.45) is 0 Å². The van der Waals surface area contributed by atoms with Crippen molar-refractivity contribution in [2.75, 3.05) is 28.4 Å². The molecule has 0 radical (unpaired) electrons. The Morgan fingerprint density at radius 3 is 1.77 bits per heavy atom. The summed E-state index contributed by atoms with van der Waals surface area (Å²) in [5.74, 6) is 2.34. The van der Waals surface area contributed by atoms with Gasteiger partial charge in [-0.2, -0.15) is 0 Å². The van der Waals surface area contributed by atoms with Crippen LogP contribution in [0.15, 0.2) is 30.3 Å². The molecular weight excluding hydrogens is 284 g/mol. The second-order valence-electron chi connectivity index (χ2n) is 4.72. The van der Waals surface area contributed by atoms with Crippen LogP contribution in [0.25, 0.3) is 0 Å². The van der Waals surface area contributed by atoms with Gasteiger partial charge in [0.1, 0.15) is 0 Å². The van der Waals surface area contributed by atoms with Crippen molar-refractivity contribution in [3.8, 4) is 28.7 Å². The molecule has 118 valence electrons. The van der Waals surface area contributed by atoms with Crippen LogP contribution in [-0.2, 0) is 6.42 Å². The van der Waals surface area contributed by atoms with Gasteiger partial charge in [0.2, 0.25) is 5.75 Å². The van der Waals surface area contributed by atoms with E-state index in [4.69, 9.17) is 18.9 Å². The molecule has 5 heteroatoms. The second-order valence-corrected chi connectivity index (χ2v) is 4.72. The van der Waals surface area contributed by atoms with E-state index in [-0.39, 0.29) is 5.75 Å². The van der Waals surface area contributed by atoms with Crippen LogP contribution in [0.2, 0.25) is 0 Å². The maximum atomic E-state index is 9.86. The fourth-order valence-corrected chi connectivity index (χ4v) is 2.32. The van der Waals surface area contributed by atoms with Gasteiger partial charge in [-0.15, -0.1) is 0 Å². The normalized spacial score (nSPS) is 10.2. The SMILES string of the molecule is COc1ccc(Cc2cc(OC)c(OC)c(OC)c2)cc1O. The number of phenols is 1. The van der Waals surface area contributed by atoms with Crippen molar-refractivity contribution < 1.29 is 24.1 Å². The van der Waals surface area contributed by atoms with Crippen LogP contribution in [0.1, 0.15) is 11.1 Å². The summed E-state index contributed by atoms with van der Waals surface area (Å²) in [6.45, 7) is 0. The lowest BCUT2D eigenvalue weighted by Gasteiger charge is -2.14. The molecule has 0 fully saturated rings. The Kier molecular flexibility index (Phi) is 4.99. The highest BCUT2D eigenvalue weighted by Crippen LogP contribution is 2.39. The number of hydrogen-bond donors (Lipinski definition) is 1. The van der Waals surface area contributed by atoms with Crippen molar-refractivity contribution in [3.05, 3.63) is 41.5 Å². The summed E-state index contributed by atoms with van der Waals surface area (Å²) >= 11 is 0. The number of aromatic hydroxyl groups is 1. The summed E-state index contributed by atoms with van der Waals surface area (Å²) < 4.78 is 21.0. The van der Waals surface area contributed by atoms with Gasteiger partial charge in [0.15, 0.2) is 23.0 Å². The van der Waals surface area contributed by atoms with Crippen molar-refractivity contribution in [1.29, 1.82) is 0 Å². The minimum Gasteiger partial charge on any atom is -0.504 e. The molecule has 0 heterocycles. The maximum Gasteiger partial charge on any atom is 0.203 e. The van der Waals surface area contributed by atoms with E-state index in [1.165, 1.54) is 7.11 Å². The molecule has 2 aromatic carbocycles. The summed E-state index contributed by atoms with van der Waals surface area (Å²) in [7, 11) is 6.26. The monoisotopic (exact) mass is 304 g/mol. The summed E-state index contributed by atoms with van der Waals surface area (Å²) in [6, 6.07) is 9.11. The van der Waals surface area contributed by atoms with Crippen LogP contribution in [0, 0.1) is 0 Å². The highest BCUT2D eigenvalue weighted by atomic mass is 16.5. The third kappa shape index (κ3) is 3.19. The Morgan fingerprint density at radius 1 is 0.727 bits per heavy atom. The summed E-state index contributed by atoms with van der Waals surface area (Å²) in [4.78, 5) is 0. The molecule has 0 saturated carbocycles. The van der Waals surface area contributed by atoms with Crippen molar-refractivity contribution in [2.45, 2.75) is 6.42 Å². The molecule has 1 N–H and O–H groups in total. The molecule has 5 nitrogen and oxygen atoms in total. The molecule has 0 amide bonds. The first-order valence-electron chi connectivity index (χ1n) is 6.77. The summed E-state index contributed by atoms with van der Waals surface area (Å²) in [6.07, 6.45) is 0.619. The van der Waals surface area contributed by atoms with Gasteiger partial charge in [-0.25, -0.2) is 0 Å². The zero-order chi connectivity index (χ0) is 16.1. The first-order chi connectivity index (χ1) is 10.6. The van der Waals surface area contributed by atoms with E-state index >= 15 is 0 Å². The molecule has 0 saturated heterocycles. The van der Waals surface area contributed by atoms with Gasteiger partial charge in [0.05, 0.1) is 28.4 Å². The summed E-state index contributed by atoms with van der Waals surface area (Å²) in [5, 5.41) is 9.86. The molecule has 0 aromatic heterocycles. The van der Waals surface area contributed by atoms with E-state index in [1.807, 2.05) is 18.2 Å². The first-order valence-corrected chi connectivity index (χ1v) is 6.77. The lowest BCUT2D eigenvalue weighted by Crippen LogP contribution is -1.98. The smallest absolute Gasteiger partial charge is 0.203 e. The van der Waals surface area contributed by atoms with Crippen LogP contribution < -0.4 is 18.9 Å². The lowest BCUT2D eigenvalue weighted by atomic mass is 10.0. The highest BCUT2D eigenvalue weighted by Gasteiger charge is 2.13.